The first-order valence-electron chi connectivity index (χ1n) is 33.8. The SMILES string of the molecule is CN1CC2C(Cl)CC(Cl)CC2C(C2CCCC(S(=O)(=O)NCCOCCNC(=O)CCOCCOCCOCCOCCOCCOCCOCCOCCOCCC(=O)NCCOCCNS(=O)(=O)C3CCCC(C4CN(C)CC5C(Cl)CC(Cl)CC54)C3)C2)C1. The Labute approximate surface area is 564 Å². The van der Waals surface area contributed by atoms with Crippen molar-refractivity contribution in [3.8, 4) is 0 Å². The van der Waals surface area contributed by atoms with Gasteiger partial charge in [-0.15, -0.1) is 46.4 Å². The van der Waals surface area contributed by atoms with Gasteiger partial charge in [-0.25, -0.2) is 26.3 Å². The van der Waals surface area contributed by atoms with E-state index in [1.165, 1.54) is 0 Å². The lowest BCUT2D eigenvalue weighted by Crippen LogP contribution is -2.54. The summed E-state index contributed by atoms with van der Waals surface area (Å²) in [6.07, 6.45) is 10.6. The van der Waals surface area contributed by atoms with Crippen molar-refractivity contribution in [2.45, 2.75) is 122 Å². The van der Waals surface area contributed by atoms with Gasteiger partial charge in [-0.05, 0) is 113 Å². The molecule has 29 heteroatoms. The Hall–Kier alpha value is -0.600. The molecule has 4 aliphatic carbocycles. The molecule has 6 aliphatic rings. The number of nitrogens with one attached hydrogen (secondary N) is 4. The van der Waals surface area contributed by atoms with Crippen LogP contribution >= 0.6 is 46.4 Å². The summed E-state index contributed by atoms with van der Waals surface area (Å²) < 4.78 is 120. The van der Waals surface area contributed by atoms with Crippen molar-refractivity contribution in [3.63, 3.8) is 0 Å². The molecule has 0 radical (unpaired) electrons. The van der Waals surface area contributed by atoms with Crippen LogP contribution in [-0.2, 0) is 81.7 Å². The molecule has 2 heterocycles. The quantitative estimate of drug-likeness (QED) is 0.0474. The molecular formula is C62H112Cl4N6O17S2. The molecule has 23 nitrogen and oxygen atoms in total. The number of fused-ring (bicyclic) bond motifs is 2. The number of sulfonamides is 2. The number of halogens is 4. The monoisotopic (exact) mass is 1420 g/mol. The highest BCUT2D eigenvalue weighted by Crippen LogP contribution is 2.50. The summed E-state index contributed by atoms with van der Waals surface area (Å²) >= 11 is 26.9. The number of hydrogen-bond acceptors (Lipinski definition) is 19. The zero-order valence-corrected chi connectivity index (χ0v) is 59.0. The standard InChI is InChI=1S/C62H112Cl4N6O17S2/c1-71-43-55(53-39-49(63)41-59(65)57(53)45-71)47-5-3-7-51(37-47)90(75,76)69-13-19-81-17-11-67-61(73)9-15-79-21-23-83-25-27-85-29-31-87-33-35-89-36-34-88-32-30-86-28-26-84-24-22-80-16-10-62(74)68-12-18-82-20-14-70-91(77,78)52-8-4-6-48(38-52)56-44-72(2)46-58-54(56)40-50(64)42-60(58)66/h47-60,69-70H,3-46H2,1-2H3,(H,67,73)(H,68,74). The molecule has 4 saturated carbocycles. The number of ether oxygens (including phenoxy) is 11. The lowest BCUT2D eigenvalue weighted by molar-refractivity contribution is -0.123. The normalized spacial score (nSPS) is 29.4. The average Bonchev–Trinajstić information content (AvgIpc) is 0.811. The molecule has 0 spiro atoms. The van der Waals surface area contributed by atoms with Gasteiger partial charge < -0.3 is 72.5 Å². The van der Waals surface area contributed by atoms with Crippen LogP contribution in [0.3, 0.4) is 0 Å². The smallest absolute Gasteiger partial charge is 0.222 e. The molecule has 2 amide bonds. The number of rotatable bonds is 48. The van der Waals surface area contributed by atoms with Gasteiger partial charge in [0.05, 0.1) is 156 Å². The van der Waals surface area contributed by atoms with Crippen LogP contribution < -0.4 is 20.1 Å². The lowest BCUT2D eigenvalue weighted by atomic mass is 9.63. The van der Waals surface area contributed by atoms with Crippen molar-refractivity contribution in [3.05, 3.63) is 0 Å². The van der Waals surface area contributed by atoms with Gasteiger partial charge in [0.25, 0.3) is 0 Å². The number of carbonyl (C=O) groups is 2. The number of likely N-dealkylation sites (tertiary alicyclic amines) is 2. The molecule has 91 heavy (non-hydrogen) atoms. The van der Waals surface area contributed by atoms with Crippen molar-refractivity contribution in [1.29, 1.82) is 0 Å². The number of hydrogen-bond donors (Lipinski definition) is 4. The number of piperidine rings is 2. The Morgan fingerprint density at radius 3 is 0.978 bits per heavy atom. The first-order chi connectivity index (χ1) is 44.0. The second kappa shape index (κ2) is 45.1. The van der Waals surface area contributed by atoms with E-state index in [0.717, 1.165) is 77.5 Å². The number of carbonyl (C=O) groups excluding carboxylic acids is 2. The predicted octanol–water partition coefficient (Wildman–Crippen LogP) is 4.74. The maximum atomic E-state index is 13.3. The van der Waals surface area contributed by atoms with Gasteiger partial charge in [-0.3, -0.25) is 9.59 Å². The van der Waals surface area contributed by atoms with Gasteiger partial charge in [0.15, 0.2) is 0 Å². The fourth-order valence-electron chi connectivity index (χ4n) is 14.4. The van der Waals surface area contributed by atoms with Gasteiger partial charge in [-0.2, -0.15) is 0 Å². The van der Waals surface area contributed by atoms with Crippen LogP contribution in [0.5, 0.6) is 0 Å². The van der Waals surface area contributed by atoms with Crippen molar-refractivity contribution in [2.24, 2.45) is 47.3 Å². The predicted molar refractivity (Wildman–Crippen MR) is 353 cm³/mol. The minimum atomic E-state index is -3.49. The maximum Gasteiger partial charge on any atom is 0.222 e. The van der Waals surface area contributed by atoms with E-state index < -0.39 is 30.5 Å². The van der Waals surface area contributed by atoms with Crippen LogP contribution in [0.1, 0.15) is 89.9 Å². The third-order valence-corrected chi connectivity index (χ3v) is 24.4. The molecule has 0 aromatic carbocycles. The van der Waals surface area contributed by atoms with Crippen LogP contribution in [0.4, 0.5) is 0 Å². The third kappa shape index (κ3) is 30.6. The maximum absolute atomic E-state index is 13.3. The molecule has 6 rings (SSSR count). The van der Waals surface area contributed by atoms with Gasteiger partial charge in [0.2, 0.25) is 31.9 Å². The molecule has 2 aliphatic heterocycles. The highest BCUT2D eigenvalue weighted by atomic mass is 35.5. The lowest BCUT2D eigenvalue weighted by Gasteiger charge is -2.51. The van der Waals surface area contributed by atoms with Gasteiger partial charge in [0.1, 0.15) is 0 Å². The van der Waals surface area contributed by atoms with Gasteiger partial charge in [0, 0.05) is 86.7 Å². The molecule has 0 bridgehead atoms. The Balaban J connectivity index is 0.599. The van der Waals surface area contributed by atoms with Crippen molar-refractivity contribution in [2.75, 3.05) is 212 Å². The number of amides is 2. The minimum Gasteiger partial charge on any atom is -0.379 e. The van der Waals surface area contributed by atoms with E-state index in [1.807, 2.05) is 0 Å². The van der Waals surface area contributed by atoms with E-state index in [4.69, 9.17) is 98.5 Å². The summed E-state index contributed by atoms with van der Waals surface area (Å²) in [6, 6.07) is 0. The summed E-state index contributed by atoms with van der Waals surface area (Å²) in [5, 5.41) is 5.08. The Bertz CT molecular complexity index is 2070. The fourth-order valence-corrected chi connectivity index (χ4v) is 19.5. The number of alkyl halides is 4. The van der Waals surface area contributed by atoms with Crippen LogP contribution in [0.25, 0.3) is 0 Å². The Morgan fingerprint density at radius 1 is 0.363 bits per heavy atom. The Morgan fingerprint density at radius 2 is 0.648 bits per heavy atom. The fraction of sp³-hybridized carbons (Fsp3) is 0.968. The van der Waals surface area contributed by atoms with E-state index >= 15 is 0 Å². The first kappa shape index (κ1) is 79.4. The van der Waals surface area contributed by atoms with Crippen molar-refractivity contribution < 1.29 is 78.5 Å². The molecular weight excluding hydrogens is 1310 g/mol. The molecule has 6 fully saturated rings. The summed E-state index contributed by atoms with van der Waals surface area (Å²) in [4.78, 5) is 29.1. The van der Waals surface area contributed by atoms with Crippen LogP contribution in [0.15, 0.2) is 0 Å². The van der Waals surface area contributed by atoms with E-state index in [9.17, 15) is 26.4 Å². The third-order valence-electron chi connectivity index (χ3n) is 18.8. The van der Waals surface area contributed by atoms with E-state index in [0.29, 0.717) is 192 Å². The molecule has 4 N–H and O–H groups in total. The van der Waals surface area contributed by atoms with E-state index in [-0.39, 0.29) is 98.9 Å². The first-order valence-corrected chi connectivity index (χ1v) is 38.6. The molecule has 0 aromatic rings. The summed E-state index contributed by atoms with van der Waals surface area (Å²) in [5.41, 5.74) is 0. The van der Waals surface area contributed by atoms with Gasteiger partial charge in [-0.1, -0.05) is 25.7 Å². The summed E-state index contributed by atoms with van der Waals surface area (Å²) in [7, 11) is -2.68. The van der Waals surface area contributed by atoms with E-state index in [2.05, 4.69) is 44.0 Å². The van der Waals surface area contributed by atoms with E-state index in [1.54, 1.807) is 0 Å². The second-order valence-corrected chi connectivity index (χ2v) is 32.0. The minimum absolute atomic E-state index is 0.0705. The highest BCUT2D eigenvalue weighted by Gasteiger charge is 2.49. The Kier molecular flexibility index (Phi) is 39.4. The van der Waals surface area contributed by atoms with Crippen LogP contribution in [0, 0.1) is 47.3 Å². The average molecular weight is 1420 g/mol. The zero-order chi connectivity index (χ0) is 65.1. The van der Waals surface area contributed by atoms with Crippen LogP contribution in [-0.4, -0.2) is 282 Å². The van der Waals surface area contributed by atoms with Crippen LogP contribution in [0.2, 0.25) is 0 Å². The van der Waals surface area contributed by atoms with Crippen molar-refractivity contribution >= 4 is 78.3 Å². The van der Waals surface area contributed by atoms with Gasteiger partial charge >= 0.3 is 0 Å². The zero-order valence-electron chi connectivity index (χ0n) is 54.4. The van der Waals surface area contributed by atoms with Crippen molar-refractivity contribution in [1.82, 2.24) is 29.9 Å². The topological polar surface area (TPSA) is 259 Å². The largest absolute Gasteiger partial charge is 0.379 e. The second-order valence-electron chi connectivity index (χ2n) is 25.5. The highest BCUT2D eigenvalue weighted by molar-refractivity contribution is 7.90. The summed E-state index contributed by atoms with van der Waals surface area (Å²) in [5.74, 6) is 2.88. The molecule has 14 unspecified atom stereocenters. The molecule has 532 valence electrons. The molecule has 0 aromatic heterocycles. The molecule has 14 atom stereocenters. The molecule has 2 saturated heterocycles. The summed E-state index contributed by atoms with van der Waals surface area (Å²) in [6.45, 7) is 13.1. The number of nitrogens with zero attached hydrogens (tertiary/aromatic N) is 2.